The molecule has 1 aliphatic carbocycles. The maximum atomic E-state index is 10.1. The van der Waals surface area contributed by atoms with Crippen molar-refractivity contribution in [1.29, 1.82) is 0 Å². The van der Waals surface area contributed by atoms with Gasteiger partial charge in [-0.25, -0.2) is 4.98 Å². The molecule has 1 heterocycles. The lowest BCUT2D eigenvalue weighted by atomic mass is 9.94. The van der Waals surface area contributed by atoms with Gasteiger partial charge in [-0.3, -0.25) is 0 Å². The van der Waals surface area contributed by atoms with Crippen LogP contribution in [0.3, 0.4) is 0 Å². The first-order chi connectivity index (χ1) is 9.44. The molecule has 0 fully saturated rings. The second kappa shape index (κ2) is 6.10. The lowest BCUT2D eigenvalue weighted by Crippen LogP contribution is -2.40. The monoisotopic (exact) mass is 277 g/mol. The third-order valence-electron chi connectivity index (χ3n) is 3.84. The van der Waals surface area contributed by atoms with Crippen LogP contribution in [0, 0.1) is 0 Å². The van der Waals surface area contributed by atoms with Gasteiger partial charge in [0, 0.05) is 30.9 Å². The Labute approximate surface area is 122 Å². The summed E-state index contributed by atoms with van der Waals surface area (Å²) in [6, 6.07) is 2.23. The van der Waals surface area contributed by atoms with Gasteiger partial charge in [-0.1, -0.05) is 0 Å². The smallest absolute Gasteiger partial charge is 0.133 e. The van der Waals surface area contributed by atoms with Gasteiger partial charge in [0.05, 0.1) is 5.60 Å². The van der Waals surface area contributed by atoms with Crippen molar-refractivity contribution in [3.8, 4) is 0 Å². The summed E-state index contributed by atoms with van der Waals surface area (Å²) in [6.07, 6.45) is 4.65. The van der Waals surface area contributed by atoms with E-state index in [-0.39, 0.29) is 0 Å². The lowest BCUT2D eigenvalue weighted by molar-refractivity contribution is 0.0873. The van der Waals surface area contributed by atoms with E-state index in [0.29, 0.717) is 13.1 Å². The summed E-state index contributed by atoms with van der Waals surface area (Å²) in [5.74, 6) is 0.956. The first-order valence-corrected chi connectivity index (χ1v) is 7.63. The highest BCUT2D eigenvalue weighted by Gasteiger charge is 2.22. The largest absolute Gasteiger partial charge is 0.389 e. The molecule has 2 rings (SSSR count). The van der Waals surface area contributed by atoms with Crippen LogP contribution in [-0.4, -0.2) is 28.8 Å². The topological polar surface area (TPSA) is 62.4 Å². The molecule has 4 heteroatoms. The second-order valence-corrected chi connectivity index (χ2v) is 6.31. The Morgan fingerprint density at radius 2 is 2.05 bits per heavy atom. The number of aryl methyl sites for hydroxylation is 2. The van der Waals surface area contributed by atoms with Crippen LogP contribution >= 0.6 is 0 Å². The summed E-state index contributed by atoms with van der Waals surface area (Å²) in [4.78, 5) is 7.01. The third kappa shape index (κ3) is 3.49. The maximum absolute atomic E-state index is 10.1. The summed E-state index contributed by atoms with van der Waals surface area (Å²) >= 11 is 0. The minimum absolute atomic E-state index is 0.498. The van der Waals surface area contributed by atoms with Crippen molar-refractivity contribution < 1.29 is 5.11 Å². The second-order valence-electron chi connectivity index (χ2n) is 6.31. The summed E-state index contributed by atoms with van der Waals surface area (Å²) in [6.45, 7) is 7.64. The van der Waals surface area contributed by atoms with Crippen LogP contribution in [0.2, 0.25) is 0 Å². The van der Waals surface area contributed by atoms with Crippen LogP contribution in [0.25, 0.3) is 0 Å². The van der Waals surface area contributed by atoms with E-state index in [4.69, 9.17) is 10.7 Å². The van der Waals surface area contributed by atoms with Gasteiger partial charge in [-0.05, 0) is 58.1 Å². The van der Waals surface area contributed by atoms with Crippen molar-refractivity contribution in [2.75, 3.05) is 18.0 Å². The van der Waals surface area contributed by atoms with E-state index in [0.717, 1.165) is 30.8 Å². The molecule has 0 saturated carbocycles. The molecule has 0 radical (unpaired) electrons. The van der Waals surface area contributed by atoms with Crippen molar-refractivity contribution >= 4 is 5.82 Å². The lowest BCUT2D eigenvalue weighted by Gasteiger charge is -2.31. The van der Waals surface area contributed by atoms with Crippen LogP contribution in [0.15, 0.2) is 6.07 Å². The quantitative estimate of drug-likeness (QED) is 0.864. The number of aromatic nitrogens is 1. The van der Waals surface area contributed by atoms with Crippen molar-refractivity contribution in [2.45, 2.75) is 58.6 Å². The van der Waals surface area contributed by atoms with Crippen LogP contribution in [0.1, 0.15) is 50.4 Å². The number of fused-ring (bicyclic) bond motifs is 1. The average Bonchev–Trinajstić information content (AvgIpc) is 2.42. The molecular formula is C16H27N3O. The summed E-state index contributed by atoms with van der Waals surface area (Å²) < 4.78 is 0. The van der Waals surface area contributed by atoms with E-state index >= 15 is 0 Å². The fourth-order valence-electron chi connectivity index (χ4n) is 2.90. The predicted octanol–water partition coefficient (Wildman–Crippen LogP) is 2.02. The Morgan fingerprint density at radius 3 is 2.65 bits per heavy atom. The molecule has 0 bridgehead atoms. The average molecular weight is 277 g/mol. The molecule has 4 nitrogen and oxygen atoms in total. The Hall–Kier alpha value is -1.13. The Balaban J connectivity index is 2.37. The predicted molar refractivity (Wildman–Crippen MR) is 83.0 cm³/mol. The molecule has 1 aliphatic rings. The minimum atomic E-state index is -0.737. The molecule has 0 amide bonds. The third-order valence-corrected chi connectivity index (χ3v) is 3.84. The van der Waals surface area contributed by atoms with Crippen LogP contribution < -0.4 is 10.6 Å². The zero-order chi connectivity index (χ0) is 14.8. The van der Waals surface area contributed by atoms with E-state index in [1.807, 2.05) is 13.8 Å². The molecule has 112 valence electrons. The van der Waals surface area contributed by atoms with Crippen LogP contribution in [-0.2, 0) is 19.4 Å². The molecule has 3 N–H and O–H groups in total. The zero-order valence-electron chi connectivity index (χ0n) is 12.9. The van der Waals surface area contributed by atoms with Gasteiger partial charge in [0.1, 0.15) is 5.82 Å². The number of hydrogen-bond acceptors (Lipinski definition) is 4. The molecule has 1 aromatic rings. The standard InChI is InChI=1S/C16H27N3O/c1-4-19(11-16(2,3)20)15-13(10-17)9-12-7-5-6-8-14(12)18-15/h9,20H,4-8,10-11,17H2,1-3H3. The van der Waals surface area contributed by atoms with Gasteiger partial charge < -0.3 is 15.7 Å². The first kappa shape index (κ1) is 15.3. The molecule has 0 unspecified atom stereocenters. The van der Waals surface area contributed by atoms with Gasteiger partial charge >= 0.3 is 0 Å². The van der Waals surface area contributed by atoms with Crippen LogP contribution in [0.5, 0.6) is 0 Å². The van der Waals surface area contributed by atoms with Crippen LogP contribution in [0.4, 0.5) is 5.82 Å². The number of pyridine rings is 1. The number of aliphatic hydroxyl groups is 1. The highest BCUT2D eigenvalue weighted by molar-refractivity contribution is 5.50. The van der Waals surface area contributed by atoms with Gasteiger partial charge in [-0.15, -0.1) is 0 Å². The SMILES string of the molecule is CCN(CC(C)(C)O)c1nc2c(cc1CN)CCCC2. The fraction of sp³-hybridized carbons (Fsp3) is 0.688. The van der Waals surface area contributed by atoms with Gasteiger partial charge in [0.25, 0.3) is 0 Å². The molecule has 1 aromatic heterocycles. The molecule has 20 heavy (non-hydrogen) atoms. The van der Waals surface area contributed by atoms with E-state index in [2.05, 4.69) is 17.9 Å². The number of rotatable bonds is 5. The van der Waals surface area contributed by atoms with Crippen molar-refractivity contribution in [1.82, 2.24) is 4.98 Å². The number of hydrogen-bond donors (Lipinski definition) is 2. The van der Waals surface area contributed by atoms with E-state index in [1.54, 1.807) is 0 Å². The first-order valence-electron chi connectivity index (χ1n) is 7.63. The highest BCUT2D eigenvalue weighted by Crippen LogP contribution is 2.27. The molecule has 0 saturated heterocycles. The summed E-state index contributed by atoms with van der Waals surface area (Å²) in [7, 11) is 0. The summed E-state index contributed by atoms with van der Waals surface area (Å²) in [5, 5.41) is 10.1. The van der Waals surface area contributed by atoms with E-state index < -0.39 is 5.60 Å². The zero-order valence-corrected chi connectivity index (χ0v) is 12.9. The van der Waals surface area contributed by atoms with Crippen molar-refractivity contribution in [3.63, 3.8) is 0 Å². The molecule has 0 atom stereocenters. The van der Waals surface area contributed by atoms with Gasteiger partial charge in [0.15, 0.2) is 0 Å². The molecule has 0 aromatic carbocycles. The normalized spacial score (nSPS) is 15.1. The fourth-order valence-corrected chi connectivity index (χ4v) is 2.90. The Morgan fingerprint density at radius 1 is 1.35 bits per heavy atom. The Kier molecular flexibility index (Phi) is 4.66. The number of likely N-dealkylation sites (N-methyl/N-ethyl adjacent to an activating group) is 1. The maximum Gasteiger partial charge on any atom is 0.133 e. The number of nitrogens with two attached hydrogens (primary N) is 1. The minimum Gasteiger partial charge on any atom is -0.389 e. The van der Waals surface area contributed by atoms with Crippen molar-refractivity contribution in [3.05, 3.63) is 22.9 Å². The molecular weight excluding hydrogens is 250 g/mol. The molecule has 0 spiro atoms. The highest BCUT2D eigenvalue weighted by atomic mass is 16.3. The van der Waals surface area contributed by atoms with Crippen molar-refractivity contribution in [2.24, 2.45) is 5.73 Å². The Bertz CT molecular complexity index is 466. The number of nitrogens with zero attached hydrogens (tertiary/aromatic N) is 2. The molecule has 0 aliphatic heterocycles. The summed E-state index contributed by atoms with van der Waals surface area (Å²) in [5.41, 5.74) is 8.85. The number of anilines is 1. The van der Waals surface area contributed by atoms with Gasteiger partial charge in [-0.2, -0.15) is 0 Å². The van der Waals surface area contributed by atoms with Gasteiger partial charge in [0.2, 0.25) is 0 Å². The van der Waals surface area contributed by atoms with E-state index in [1.165, 1.54) is 24.1 Å². The van der Waals surface area contributed by atoms with E-state index in [9.17, 15) is 5.11 Å².